The number of amides is 1. The van der Waals surface area contributed by atoms with Gasteiger partial charge in [0.2, 0.25) is 0 Å². The van der Waals surface area contributed by atoms with Crippen molar-refractivity contribution in [3.05, 3.63) is 81.6 Å². The number of pyridine rings is 1. The van der Waals surface area contributed by atoms with Crippen molar-refractivity contribution in [1.82, 2.24) is 14.5 Å². The van der Waals surface area contributed by atoms with E-state index in [1.165, 1.54) is 23.2 Å². The third-order valence-electron chi connectivity index (χ3n) is 3.12. The zero-order chi connectivity index (χ0) is 16.2. The smallest absolute Gasteiger partial charge is 0.298 e. The van der Waals surface area contributed by atoms with E-state index in [4.69, 9.17) is 0 Å². The van der Waals surface area contributed by atoms with Crippen molar-refractivity contribution in [1.29, 1.82) is 0 Å². The highest BCUT2D eigenvalue weighted by Gasteiger charge is 2.11. The van der Waals surface area contributed by atoms with Gasteiger partial charge in [-0.2, -0.15) is 0 Å². The molecule has 0 saturated carbocycles. The number of nitrogens with zero attached hydrogens (tertiary/aromatic N) is 3. The maximum Gasteiger partial charge on any atom is 0.298 e. The lowest BCUT2D eigenvalue weighted by molar-refractivity contribution is 0.102. The maximum absolute atomic E-state index is 12.5. The molecule has 0 saturated heterocycles. The molecule has 1 amide bonds. The molecule has 0 spiro atoms. The number of benzene rings is 1. The molecule has 0 fully saturated rings. The number of aromatic nitrogens is 3. The van der Waals surface area contributed by atoms with E-state index in [2.05, 4.69) is 31.2 Å². The maximum atomic E-state index is 12.5. The SMILES string of the molecule is O=C(Nc1nccn(-c2ccc(Br)cc2)c1=O)c1ccncc1. The van der Waals surface area contributed by atoms with E-state index in [9.17, 15) is 9.59 Å². The Kier molecular flexibility index (Phi) is 4.29. The summed E-state index contributed by atoms with van der Waals surface area (Å²) in [5.41, 5.74) is 0.678. The van der Waals surface area contributed by atoms with E-state index in [-0.39, 0.29) is 5.82 Å². The summed E-state index contributed by atoms with van der Waals surface area (Å²) >= 11 is 3.35. The highest BCUT2D eigenvalue weighted by molar-refractivity contribution is 9.10. The summed E-state index contributed by atoms with van der Waals surface area (Å²) < 4.78 is 2.33. The van der Waals surface area contributed by atoms with Crippen molar-refractivity contribution < 1.29 is 4.79 Å². The molecular weight excluding hydrogens is 360 g/mol. The predicted octanol–water partition coefficient (Wildman–Crippen LogP) is 2.64. The van der Waals surface area contributed by atoms with E-state index in [0.717, 1.165) is 4.47 Å². The van der Waals surface area contributed by atoms with E-state index in [0.29, 0.717) is 11.3 Å². The second-order valence-corrected chi connectivity index (χ2v) is 5.53. The van der Waals surface area contributed by atoms with Gasteiger partial charge >= 0.3 is 0 Å². The van der Waals surface area contributed by atoms with Crippen LogP contribution in [0.4, 0.5) is 5.82 Å². The average molecular weight is 371 g/mol. The molecule has 0 radical (unpaired) electrons. The third-order valence-corrected chi connectivity index (χ3v) is 3.65. The van der Waals surface area contributed by atoms with Crippen LogP contribution in [-0.4, -0.2) is 20.4 Å². The quantitative estimate of drug-likeness (QED) is 0.768. The average Bonchev–Trinajstić information content (AvgIpc) is 2.58. The highest BCUT2D eigenvalue weighted by Crippen LogP contribution is 2.13. The monoisotopic (exact) mass is 370 g/mol. The molecule has 6 nitrogen and oxygen atoms in total. The number of hydrogen-bond acceptors (Lipinski definition) is 4. The Bertz CT molecular complexity index is 892. The molecule has 23 heavy (non-hydrogen) atoms. The van der Waals surface area contributed by atoms with Crippen LogP contribution in [0.3, 0.4) is 0 Å². The molecule has 3 rings (SSSR count). The zero-order valence-electron chi connectivity index (χ0n) is 11.8. The standard InChI is InChI=1S/C16H11BrN4O2/c17-12-1-3-13(4-2-12)21-10-9-19-14(16(21)23)20-15(22)11-5-7-18-8-6-11/h1-10H,(H,19,20,22). The third kappa shape index (κ3) is 3.35. The van der Waals surface area contributed by atoms with Gasteiger partial charge < -0.3 is 5.32 Å². The van der Waals surface area contributed by atoms with Crippen LogP contribution in [0, 0.1) is 0 Å². The molecule has 1 aromatic carbocycles. The Balaban J connectivity index is 1.93. The van der Waals surface area contributed by atoms with Crippen LogP contribution < -0.4 is 10.9 Å². The highest BCUT2D eigenvalue weighted by atomic mass is 79.9. The van der Waals surface area contributed by atoms with Crippen LogP contribution in [0.1, 0.15) is 10.4 Å². The van der Waals surface area contributed by atoms with Gasteiger partial charge in [0.1, 0.15) is 0 Å². The number of carbonyl (C=O) groups excluding carboxylic acids is 1. The Morgan fingerprint density at radius 2 is 1.74 bits per heavy atom. The minimum absolute atomic E-state index is 0.0303. The fraction of sp³-hybridized carbons (Fsp3) is 0. The van der Waals surface area contributed by atoms with Gasteiger partial charge in [-0.3, -0.25) is 19.1 Å². The first-order chi connectivity index (χ1) is 11.1. The van der Waals surface area contributed by atoms with Crippen LogP contribution in [-0.2, 0) is 0 Å². The Morgan fingerprint density at radius 1 is 1.04 bits per heavy atom. The fourth-order valence-electron chi connectivity index (χ4n) is 1.99. The van der Waals surface area contributed by atoms with E-state index in [1.807, 2.05) is 12.1 Å². The molecule has 0 bridgehead atoms. The Hall–Kier alpha value is -2.80. The lowest BCUT2D eigenvalue weighted by Gasteiger charge is -2.08. The van der Waals surface area contributed by atoms with Crippen molar-refractivity contribution in [2.75, 3.05) is 5.32 Å². The van der Waals surface area contributed by atoms with Crippen LogP contribution in [0.25, 0.3) is 5.69 Å². The molecule has 0 aliphatic heterocycles. The van der Waals surface area contributed by atoms with E-state index in [1.54, 1.807) is 30.5 Å². The van der Waals surface area contributed by atoms with Crippen molar-refractivity contribution in [2.24, 2.45) is 0 Å². The van der Waals surface area contributed by atoms with Crippen LogP contribution in [0.15, 0.2) is 70.5 Å². The predicted molar refractivity (Wildman–Crippen MR) is 89.7 cm³/mol. The van der Waals surface area contributed by atoms with Gasteiger partial charge in [0, 0.05) is 40.5 Å². The molecule has 2 heterocycles. The summed E-state index contributed by atoms with van der Waals surface area (Å²) in [6.45, 7) is 0. The van der Waals surface area contributed by atoms with Crippen LogP contribution in [0.2, 0.25) is 0 Å². The summed E-state index contributed by atoms with van der Waals surface area (Å²) in [7, 11) is 0. The summed E-state index contributed by atoms with van der Waals surface area (Å²) in [5.74, 6) is -0.442. The van der Waals surface area contributed by atoms with E-state index < -0.39 is 11.5 Å². The number of rotatable bonds is 3. The van der Waals surface area contributed by atoms with Crippen molar-refractivity contribution in [3.63, 3.8) is 0 Å². The topological polar surface area (TPSA) is 76.9 Å². The lowest BCUT2D eigenvalue weighted by atomic mass is 10.2. The molecule has 0 aliphatic rings. The van der Waals surface area contributed by atoms with Gasteiger partial charge in [0.25, 0.3) is 11.5 Å². The van der Waals surface area contributed by atoms with E-state index >= 15 is 0 Å². The van der Waals surface area contributed by atoms with Crippen molar-refractivity contribution in [2.45, 2.75) is 0 Å². The fourth-order valence-corrected chi connectivity index (χ4v) is 2.25. The van der Waals surface area contributed by atoms with Gasteiger partial charge in [-0.05, 0) is 36.4 Å². The molecule has 7 heteroatoms. The summed E-state index contributed by atoms with van der Waals surface area (Å²) in [5, 5.41) is 2.53. The summed E-state index contributed by atoms with van der Waals surface area (Å²) in [4.78, 5) is 32.4. The number of halogens is 1. The molecule has 0 atom stereocenters. The number of carbonyl (C=O) groups is 1. The van der Waals surface area contributed by atoms with Gasteiger partial charge in [-0.1, -0.05) is 15.9 Å². The molecule has 0 unspecified atom stereocenters. The van der Waals surface area contributed by atoms with Crippen molar-refractivity contribution >= 4 is 27.7 Å². The second kappa shape index (κ2) is 6.53. The van der Waals surface area contributed by atoms with Crippen molar-refractivity contribution in [3.8, 4) is 5.69 Å². The summed E-state index contributed by atoms with van der Waals surface area (Å²) in [6, 6.07) is 10.4. The first-order valence-corrected chi connectivity index (χ1v) is 7.49. The normalized spacial score (nSPS) is 10.3. The second-order valence-electron chi connectivity index (χ2n) is 4.62. The van der Waals surface area contributed by atoms with Gasteiger partial charge in [0.05, 0.1) is 0 Å². The number of anilines is 1. The summed E-state index contributed by atoms with van der Waals surface area (Å²) in [6.07, 6.45) is 6.03. The first-order valence-electron chi connectivity index (χ1n) is 6.70. The Morgan fingerprint density at radius 3 is 2.43 bits per heavy atom. The molecule has 3 aromatic rings. The minimum Gasteiger partial charge on any atom is -0.302 e. The van der Waals surface area contributed by atoms with Crippen LogP contribution >= 0.6 is 15.9 Å². The molecule has 1 N–H and O–H groups in total. The van der Waals surface area contributed by atoms with Gasteiger partial charge in [0.15, 0.2) is 5.82 Å². The Labute approximate surface area is 140 Å². The van der Waals surface area contributed by atoms with Gasteiger partial charge in [-0.25, -0.2) is 4.98 Å². The lowest BCUT2D eigenvalue weighted by Crippen LogP contribution is -2.26. The minimum atomic E-state index is -0.412. The first kappa shape index (κ1) is 15.1. The molecular formula is C16H11BrN4O2. The largest absolute Gasteiger partial charge is 0.302 e. The number of hydrogen-bond donors (Lipinski definition) is 1. The van der Waals surface area contributed by atoms with Gasteiger partial charge in [-0.15, -0.1) is 0 Å². The molecule has 2 aromatic heterocycles. The van der Waals surface area contributed by atoms with Crippen LogP contribution in [0.5, 0.6) is 0 Å². The molecule has 114 valence electrons. The molecule has 0 aliphatic carbocycles. The number of nitrogens with one attached hydrogen (secondary N) is 1. The zero-order valence-corrected chi connectivity index (χ0v) is 13.4.